The number of nitrogen functional groups attached to an aromatic ring is 1. The molecule has 0 radical (unpaired) electrons. The number of nitrogens with one attached hydrogen (secondary N) is 1. The van der Waals surface area contributed by atoms with Gasteiger partial charge in [-0.2, -0.15) is 0 Å². The predicted molar refractivity (Wildman–Crippen MR) is 135 cm³/mol. The van der Waals surface area contributed by atoms with Crippen molar-refractivity contribution in [1.29, 1.82) is 0 Å². The summed E-state index contributed by atoms with van der Waals surface area (Å²) in [5.74, 6) is 5.72. The van der Waals surface area contributed by atoms with Crippen molar-refractivity contribution < 1.29 is 33.2 Å². The molecule has 1 aromatic rings. The van der Waals surface area contributed by atoms with E-state index in [2.05, 4.69) is 5.43 Å². The summed E-state index contributed by atoms with van der Waals surface area (Å²) in [7, 11) is 0. The van der Waals surface area contributed by atoms with Gasteiger partial charge in [-0.05, 0) is 18.2 Å². The standard InChI is InChI=1S/C17H26N2O7.2CHCl3/c18-19-17(20)14-1-2-15-16(13-14)26-12-10-24-8-6-22-4-3-21-5-7-23-9-11-25-15;2*2-1(3)4/h1-2,13H,3-12,18H2,(H,19,20);2*1H. The second-order valence-corrected chi connectivity index (χ2v) is 9.74. The molecular weight excluding hydrogens is 581 g/mol. The molecular formula is C19H28Cl6N2O7. The van der Waals surface area contributed by atoms with Crippen LogP contribution in [-0.4, -0.2) is 80.6 Å². The Morgan fingerprint density at radius 2 is 1.03 bits per heavy atom. The van der Waals surface area contributed by atoms with Crippen molar-refractivity contribution in [3.63, 3.8) is 0 Å². The topological polar surface area (TPSA) is 111 Å². The van der Waals surface area contributed by atoms with Crippen LogP contribution in [0.2, 0.25) is 0 Å². The number of ether oxygens (including phenoxy) is 6. The Morgan fingerprint density at radius 3 is 1.41 bits per heavy atom. The van der Waals surface area contributed by atoms with Gasteiger partial charge in [0, 0.05) is 5.56 Å². The summed E-state index contributed by atoms with van der Waals surface area (Å²) < 4.78 is 31.5. The van der Waals surface area contributed by atoms with Crippen molar-refractivity contribution in [2.24, 2.45) is 5.84 Å². The first-order valence-corrected chi connectivity index (χ1v) is 12.5. The Balaban J connectivity index is 0.00000118. The van der Waals surface area contributed by atoms with Crippen molar-refractivity contribution in [2.75, 3.05) is 66.1 Å². The van der Waals surface area contributed by atoms with Crippen LogP contribution in [0.1, 0.15) is 10.4 Å². The maximum atomic E-state index is 11.7. The van der Waals surface area contributed by atoms with Gasteiger partial charge in [-0.1, -0.05) is 69.6 Å². The highest BCUT2D eigenvalue weighted by molar-refractivity contribution is 6.63. The lowest BCUT2D eigenvalue weighted by Crippen LogP contribution is -2.30. The predicted octanol–water partition coefficient (Wildman–Crippen LogP) is 4.10. The minimum atomic E-state index is -0.750. The van der Waals surface area contributed by atoms with Gasteiger partial charge in [-0.3, -0.25) is 10.2 Å². The summed E-state index contributed by atoms with van der Waals surface area (Å²) in [5, 5.41) is 0. The van der Waals surface area contributed by atoms with Crippen molar-refractivity contribution >= 4 is 75.5 Å². The van der Waals surface area contributed by atoms with E-state index in [4.69, 9.17) is 104 Å². The molecule has 2 rings (SSSR count). The van der Waals surface area contributed by atoms with Gasteiger partial charge in [0.25, 0.3) is 5.91 Å². The number of alkyl halides is 6. The fourth-order valence-electron chi connectivity index (χ4n) is 2.15. The molecule has 0 saturated carbocycles. The largest absolute Gasteiger partial charge is 0.487 e. The highest BCUT2D eigenvalue weighted by Gasteiger charge is 2.11. The number of hydrazine groups is 1. The maximum absolute atomic E-state index is 11.7. The van der Waals surface area contributed by atoms with E-state index < -0.39 is 14.5 Å². The summed E-state index contributed by atoms with van der Waals surface area (Å²) in [5.41, 5.74) is 2.46. The number of hydrogen-bond donors (Lipinski definition) is 2. The Kier molecular flexibility index (Phi) is 23.1. The number of carbonyl (C=O) groups is 1. The zero-order valence-electron chi connectivity index (χ0n) is 18.2. The molecule has 1 aromatic carbocycles. The molecule has 0 fully saturated rings. The SMILES string of the molecule is ClC(Cl)Cl.ClC(Cl)Cl.NNC(=O)c1ccc2c(c1)OCCOCCOCCOCCOCCO2. The summed E-state index contributed by atoms with van der Waals surface area (Å²) in [6.45, 7) is 4.41. The average molecular weight is 609 g/mol. The van der Waals surface area contributed by atoms with E-state index in [-0.39, 0.29) is 0 Å². The van der Waals surface area contributed by atoms with Crippen LogP contribution in [0.3, 0.4) is 0 Å². The molecule has 1 aliphatic rings. The van der Waals surface area contributed by atoms with Crippen molar-refractivity contribution in [3.8, 4) is 11.5 Å². The van der Waals surface area contributed by atoms with Crippen molar-refractivity contribution in [2.45, 2.75) is 8.59 Å². The molecule has 0 spiro atoms. The quantitative estimate of drug-likeness (QED) is 0.212. The molecule has 34 heavy (non-hydrogen) atoms. The number of halogens is 6. The van der Waals surface area contributed by atoms with E-state index in [0.717, 1.165) is 0 Å². The first-order chi connectivity index (χ1) is 16.3. The molecule has 1 amide bonds. The lowest BCUT2D eigenvalue weighted by molar-refractivity contribution is -0.00842. The fourth-order valence-corrected chi connectivity index (χ4v) is 2.15. The van der Waals surface area contributed by atoms with E-state index in [0.29, 0.717) is 83.1 Å². The van der Waals surface area contributed by atoms with Gasteiger partial charge in [0.05, 0.1) is 52.9 Å². The van der Waals surface area contributed by atoms with Crippen LogP contribution in [0.5, 0.6) is 11.5 Å². The Bertz CT molecular complexity index is 636. The first kappa shape index (κ1) is 33.8. The lowest BCUT2D eigenvalue weighted by atomic mass is 10.2. The van der Waals surface area contributed by atoms with Crippen molar-refractivity contribution in [1.82, 2.24) is 5.43 Å². The van der Waals surface area contributed by atoms with Crippen molar-refractivity contribution in [3.05, 3.63) is 23.8 Å². The van der Waals surface area contributed by atoms with Crippen LogP contribution in [0, 0.1) is 0 Å². The average Bonchev–Trinajstić information content (AvgIpc) is 2.77. The third kappa shape index (κ3) is 21.1. The molecule has 0 aromatic heterocycles. The molecule has 1 heterocycles. The molecule has 0 saturated heterocycles. The van der Waals surface area contributed by atoms with E-state index in [9.17, 15) is 4.79 Å². The number of hydrogen-bond acceptors (Lipinski definition) is 8. The number of nitrogens with two attached hydrogens (primary N) is 1. The third-order valence-electron chi connectivity index (χ3n) is 3.42. The van der Waals surface area contributed by atoms with Gasteiger partial charge in [-0.25, -0.2) is 5.84 Å². The zero-order valence-corrected chi connectivity index (χ0v) is 22.7. The van der Waals surface area contributed by atoms with Gasteiger partial charge >= 0.3 is 0 Å². The zero-order chi connectivity index (χ0) is 25.6. The Hall–Kier alpha value is -0.170. The first-order valence-electron chi connectivity index (χ1n) is 9.84. The van der Waals surface area contributed by atoms with Gasteiger partial charge in [-0.15, -0.1) is 0 Å². The number of benzene rings is 1. The highest BCUT2D eigenvalue weighted by Crippen LogP contribution is 2.28. The molecule has 15 heteroatoms. The van der Waals surface area contributed by atoms with Crippen LogP contribution < -0.4 is 20.7 Å². The maximum Gasteiger partial charge on any atom is 0.265 e. The molecule has 9 nitrogen and oxygen atoms in total. The second kappa shape index (κ2) is 23.2. The third-order valence-corrected chi connectivity index (χ3v) is 3.42. The monoisotopic (exact) mass is 606 g/mol. The van der Waals surface area contributed by atoms with Crippen LogP contribution in [0.4, 0.5) is 0 Å². The van der Waals surface area contributed by atoms with E-state index >= 15 is 0 Å². The minimum absolute atomic E-state index is 0.309. The van der Waals surface area contributed by atoms with Crippen LogP contribution in [-0.2, 0) is 18.9 Å². The van der Waals surface area contributed by atoms with Gasteiger partial charge in [0.2, 0.25) is 0 Å². The Labute approximate surface area is 229 Å². The fraction of sp³-hybridized carbons (Fsp3) is 0.632. The molecule has 0 unspecified atom stereocenters. The van der Waals surface area contributed by atoms with E-state index in [1.54, 1.807) is 18.2 Å². The summed E-state index contributed by atoms with van der Waals surface area (Å²) >= 11 is 28.8. The lowest BCUT2D eigenvalue weighted by Gasteiger charge is -2.15. The van der Waals surface area contributed by atoms with Gasteiger partial charge in [0.15, 0.2) is 20.1 Å². The molecule has 0 atom stereocenters. The number of fused-ring (bicyclic) bond motifs is 1. The highest BCUT2D eigenvalue weighted by atomic mass is 35.6. The Morgan fingerprint density at radius 1 is 0.676 bits per heavy atom. The van der Waals surface area contributed by atoms with Gasteiger partial charge < -0.3 is 28.4 Å². The molecule has 3 N–H and O–H groups in total. The normalized spacial score (nSPS) is 16.1. The minimum Gasteiger partial charge on any atom is -0.487 e. The number of rotatable bonds is 1. The van der Waals surface area contributed by atoms with Crippen LogP contribution in [0.15, 0.2) is 18.2 Å². The molecule has 0 bridgehead atoms. The molecule has 1 aliphatic heterocycles. The molecule has 0 aliphatic carbocycles. The van der Waals surface area contributed by atoms with Crippen LogP contribution in [0.25, 0.3) is 0 Å². The van der Waals surface area contributed by atoms with Gasteiger partial charge in [0.1, 0.15) is 13.2 Å². The molecule has 198 valence electrons. The van der Waals surface area contributed by atoms with E-state index in [1.807, 2.05) is 0 Å². The summed E-state index contributed by atoms with van der Waals surface area (Å²) in [6.07, 6.45) is 0. The van der Waals surface area contributed by atoms with Crippen LogP contribution >= 0.6 is 69.6 Å². The van der Waals surface area contributed by atoms with E-state index in [1.165, 1.54) is 0 Å². The number of amides is 1. The summed E-state index contributed by atoms with van der Waals surface area (Å²) in [4.78, 5) is 11.7. The summed E-state index contributed by atoms with van der Waals surface area (Å²) in [6, 6.07) is 4.85. The second-order valence-electron chi connectivity index (χ2n) is 5.78. The number of carbonyl (C=O) groups excluding carboxylic acids is 1. The smallest absolute Gasteiger partial charge is 0.265 e.